The van der Waals surface area contributed by atoms with Crippen LogP contribution < -0.4 is 20.1 Å². The summed E-state index contributed by atoms with van der Waals surface area (Å²) in [6.07, 6.45) is 3.87. The number of halogens is 1. The van der Waals surface area contributed by atoms with Crippen LogP contribution in [-0.2, 0) is 39.1 Å². The van der Waals surface area contributed by atoms with E-state index in [9.17, 15) is 19.5 Å². The van der Waals surface area contributed by atoms with Gasteiger partial charge in [0.2, 0.25) is 5.91 Å². The Hall–Kier alpha value is -5.43. The van der Waals surface area contributed by atoms with E-state index in [4.69, 9.17) is 14.2 Å². The first-order chi connectivity index (χ1) is 27.9. The maximum atomic E-state index is 15.6. The Balaban J connectivity index is 1.12. The van der Waals surface area contributed by atoms with Crippen LogP contribution in [0.25, 0.3) is 11.1 Å². The highest BCUT2D eigenvalue weighted by Gasteiger charge is 2.35. The lowest BCUT2D eigenvalue weighted by atomic mass is 9.79. The van der Waals surface area contributed by atoms with Crippen molar-refractivity contribution in [3.63, 3.8) is 0 Å². The minimum absolute atomic E-state index is 0.0493. The number of nitrogens with one attached hydrogen (secondary N) is 2. The molecule has 0 bridgehead atoms. The number of nitrogens with zero attached hydrogens (tertiary/aromatic N) is 1. The van der Waals surface area contributed by atoms with Gasteiger partial charge in [-0.2, -0.15) is 0 Å². The number of Topliss-reactive ketones (excluding diaryl/α,β-unsaturated/α-hetero) is 1. The number of ether oxygens (including phenoxy) is 3. The van der Waals surface area contributed by atoms with E-state index in [1.54, 1.807) is 30.5 Å². The van der Waals surface area contributed by atoms with Gasteiger partial charge >= 0.3 is 5.97 Å². The standard InChI is InChI=1S/C46H50FN3O7S/c1-29(2)23-31-5-7-32(8-6-31)30(3)44(52)49-17-19-55-20-21-56-41-24-35-15-16-50-46(4,28-36(51)25-43-48-18-22-58-43)39(35)27-42(41)57-37-13-14-38(40(47)26-37)33-9-11-34(12-10-33)45(53)54/h5-14,18,22,24,26-27,29-30,50H,15-17,19-21,23,25,28H2,1-4H3,(H,49,52)(H,53,54)/t30-,46+/m0/s1. The zero-order valence-corrected chi connectivity index (χ0v) is 34.1. The lowest BCUT2D eigenvalue weighted by Crippen LogP contribution is -2.46. The van der Waals surface area contributed by atoms with E-state index < -0.39 is 17.3 Å². The molecular formula is C46H50FN3O7S. The second-order valence-corrected chi connectivity index (χ2v) is 16.2. The number of carboxylic acids is 1. The molecule has 1 aromatic heterocycles. The molecule has 3 N–H and O–H groups in total. The van der Waals surface area contributed by atoms with Gasteiger partial charge in [0, 0.05) is 48.3 Å². The van der Waals surface area contributed by atoms with Crippen molar-refractivity contribution < 1.29 is 38.1 Å². The van der Waals surface area contributed by atoms with Crippen LogP contribution in [0.4, 0.5) is 4.39 Å². The highest BCUT2D eigenvalue weighted by Crippen LogP contribution is 2.42. The smallest absolute Gasteiger partial charge is 0.335 e. The molecule has 5 aromatic rings. The summed E-state index contributed by atoms with van der Waals surface area (Å²) in [5.74, 6) is -0.338. The van der Waals surface area contributed by atoms with Crippen LogP contribution in [0.3, 0.4) is 0 Å². The van der Waals surface area contributed by atoms with E-state index in [1.807, 2.05) is 43.5 Å². The molecule has 0 fully saturated rings. The first kappa shape index (κ1) is 42.2. The zero-order valence-electron chi connectivity index (χ0n) is 33.3. The van der Waals surface area contributed by atoms with Crippen molar-refractivity contribution in [1.82, 2.24) is 15.6 Å². The van der Waals surface area contributed by atoms with Crippen molar-refractivity contribution in [3.05, 3.63) is 129 Å². The van der Waals surface area contributed by atoms with Crippen LogP contribution in [0.2, 0.25) is 0 Å². The van der Waals surface area contributed by atoms with E-state index in [0.717, 1.165) is 28.1 Å². The van der Waals surface area contributed by atoms with Crippen LogP contribution in [-0.4, -0.2) is 60.7 Å². The summed E-state index contributed by atoms with van der Waals surface area (Å²) in [5.41, 5.74) is 4.34. The van der Waals surface area contributed by atoms with E-state index in [-0.39, 0.29) is 55.0 Å². The Bertz CT molecular complexity index is 2190. The number of carbonyl (C=O) groups is 3. The molecule has 0 unspecified atom stereocenters. The SMILES string of the molecule is CC(C)Cc1ccc([C@H](C)C(=O)NCCOCCOc2cc3c(cc2Oc2ccc(-c4ccc(C(=O)O)cc4)c(F)c2)[C@@](C)(CC(=O)Cc2nccs2)NCC3)cc1. The number of aromatic carboxylic acids is 1. The summed E-state index contributed by atoms with van der Waals surface area (Å²) < 4.78 is 33.9. The molecule has 10 nitrogen and oxygen atoms in total. The van der Waals surface area contributed by atoms with E-state index >= 15 is 4.39 Å². The number of thiazole rings is 1. The normalized spacial score (nSPS) is 15.4. The highest BCUT2D eigenvalue weighted by molar-refractivity contribution is 7.09. The quantitative estimate of drug-likeness (QED) is 0.0702. The summed E-state index contributed by atoms with van der Waals surface area (Å²) in [6, 6.07) is 22.5. The maximum absolute atomic E-state index is 15.6. The number of aromatic nitrogens is 1. The molecule has 1 aliphatic heterocycles. The molecule has 12 heteroatoms. The lowest BCUT2D eigenvalue weighted by Gasteiger charge is -2.37. The minimum atomic E-state index is -1.06. The van der Waals surface area contributed by atoms with Crippen molar-refractivity contribution in [1.29, 1.82) is 0 Å². The average molecular weight is 808 g/mol. The molecule has 1 amide bonds. The summed E-state index contributed by atoms with van der Waals surface area (Å²) >= 11 is 1.45. The number of ketones is 1. The fourth-order valence-electron chi connectivity index (χ4n) is 7.20. The Morgan fingerprint density at radius 3 is 2.43 bits per heavy atom. The fraction of sp³-hybridized carbons (Fsp3) is 0.348. The van der Waals surface area contributed by atoms with Gasteiger partial charge in [-0.05, 0) is 96.8 Å². The molecule has 0 saturated heterocycles. The van der Waals surface area contributed by atoms with E-state index in [0.29, 0.717) is 54.7 Å². The molecule has 0 radical (unpaired) electrons. The van der Waals surface area contributed by atoms with Crippen molar-refractivity contribution in [3.8, 4) is 28.4 Å². The van der Waals surface area contributed by atoms with Gasteiger partial charge < -0.3 is 30.0 Å². The van der Waals surface area contributed by atoms with Gasteiger partial charge in [0.1, 0.15) is 24.0 Å². The van der Waals surface area contributed by atoms with Gasteiger partial charge in [-0.1, -0.05) is 50.2 Å². The maximum Gasteiger partial charge on any atom is 0.335 e. The largest absolute Gasteiger partial charge is 0.487 e. The molecule has 2 atom stereocenters. The molecule has 2 heterocycles. The van der Waals surface area contributed by atoms with Crippen molar-refractivity contribution in [2.75, 3.05) is 32.9 Å². The molecular weight excluding hydrogens is 758 g/mol. The third-order valence-corrected chi connectivity index (χ3v) is 11.0. The third-order valence-electron chi connectivity index (χ3n) is 10.2. The highest BCUT2D eigenvalue weighted by atomic mass is 32.1. The van der Waals surface area contributed by atoms with Crippen LogP contribution in [0, 0.1) is 11.7 Å². The average Bonchev–Trinajstić information content (AvgIpc) is 3.70. The molecule has 4 aromatic carbocycles. The number of fused-ring (bicyclic) bond motifs is 1. The first-order valence-corrected chi connectivity index (χ1v) is 20.5. The number of carboxylic acid groups (broad SMARTS) is 1. The van der Waals surface area contributed by atoms with Gasteiger partial charge in [0.15, 0.2) is 11.5 Å². The summed E-state index contributed by atoms with van der Waals surface area (Å²) in [5, 5.41) is 18.4. The molecule has 1 aliphatic rings. The van der Waals surface area contributed by atoms with Gasteiger partial charge in [0.25, 0.3) is 0 Å². The molecule has 0 saturated carbocycles. The van der Waals surface area contributed by atoms with Crippen LogP contribution in [0.5, 0.6) is 17.2 Å². The topological polar surface area (TPSA) is 136 Å². The lowest BCUT2D eigenvalue weighted by molar-refractivity contribution is -0.122. The predicted molar refractivity (Wildman–Crippen MR) is 223 cm³/mol. The molecule has 0 spiro atoms. The van der Waals surface area contributed by atoms with Gasteiger partial charge in [-0.15, -0.1) is 11.3 Å². The van der Waals surface area contributed by atoms with Gasteiger partial charge in [-0.3, -0.25) is 9.59 Å². The zero-order chi connectivity index (χ0) is 41.2. The first-order valence-electron chi connectivity index (χ1n) is 19.6. The van der Waals surface area contributed by atoms with Crippen molar-refractivity contribution >= 4 is 29.0 Å². The van der Waals surface area contributed by atoms with Crippen LogP contribution >= 0.6 is 11.3 Å². The Labute approximate surface area is 342 Å². The number of benzene rings is 4. The summed E-state index contributed by atoms with van der Waals surface area (Å²) in [7, 11) is 0. The summed E-state index contributed by atoms with van der Waals surface area (Å²) in [6.45, 7) is 9.99. The second kappa shape index (κ2) is 19.3. The van der Waals surface area contributed by atoms with Gasteiger partial charge in [-0.25, -0.2) is 14.2 Å². The number of rotatable bonds is 19. The molecule has 304 valence electrons. The number of hydrogen-bond acceptors (Lipinski definition) is 9. The van der Waals surface area contributed by atoms with Crippen molar-refractivity contribution in [2.45, 2.75) is 64.8 Å². The second-order valence-electron chi connectivity index (χ2n) is 15.2. The predicted octanol–water partition coefficient (Wildman–Crippen LogP) is 8.52. The van der Waals surface area contributed by atoms with E-state index in [2.05, 4.69) is 41.6 Å². The number of carbonyl (C=O) groups excluding carboxylic acids is 2. The monoisotopic (exact) mass is 807 g/mol. The Kier molecular flexibility index (Phi) is 14.1. The van der Waals surface area contributed by atoms with Crippen LogP contribution in [0.15, 0.2) is 90.4 Å². The number of amides is 1. The fourth-order valence-corrected chi connectivity index (χ4v) is 7.84. The Morgan fingerprint density at radius 1 is 0.966 bits per heavy atom. The molecule has 0 aliphatic carbocycles. The Morgan fingerprint density at radius 2 is 1.74 bits per heavy atom. The molecule has 6 rings (SSSR count). The third kappa shape index (κ3) is 10.9. The minimum Gasteiger partial charge on any atom is -0.487 e. The summed E-state index contributed by atoms with van der Waals surface area (Å²) in [4.78, 5) is 41.7. The van der Waals surface area contributed by atoms with Crippen molar-refractivity contribution in [2.24, 2.45) is 5.92 Å². The van der Waals surface area contributed by atoms with E-state index in [1.165, 1.54) is 35.1 Å². The molecule has 58 heavy (non-hydrogen) atoms. The van der Waals surface area contributed by atoms with Gasteiger partial charge in [0.05, 0.1) is 36.1 Å². The number of hydrogen-bond donors (Lipinski definition) is 3. The van der Waals surface area contributed by atoms with Crippen LogP contribution in [0.1, 0.15) is 77.7 Å².